The molecule has 1 heterocycles. The first kappa shape index (κ1) is 15.7. The summed E-state index contributed by atoms with van der Waals surface area (Å²) in [6, 6.07) is -0.0719. The summed E-state index contributed by atoms with van der Waals surface area (Å²) in [4.78, 5) is 1.34. The largest absolute Gasteiger partial charge is 0.401 e. The number of rotatable bonds is 1. The molecule has 1 fully saturated rings. The van der Waals surface area contributed by atoms with Crippen molar-refractivity contribution >= 4 is 24.8 Å². The summed E-state index contributed by atoms with van der Waals surface area (Å²) in [5, 5.41) is 0. The molecule has 1 atom stereocenters. The fourth-order valence-electron chi connectivity index (χ4n) is 1.26. The van der Waals surface area contributed by atoms with Crippen molar-refractivity contribution in [3.63, 3.8) is 0 Å². The predicted molar refractivity (Wildman–Crippen MR) is 49.6 cm³/mol. The van der Waals surface area contributed by atoms with Gasteiger partial charge in [0, 0.05) is 19.1 Å². The predicted octanol–water partition coefficient (Wildman–Crippen LogP) is 1.43. The summed E-state index contributed by atoms with van der Waals surface area (Å²) in [7, 11) is 0. The number of nitrogens with zero attached hydrogens (tertiary/aromatic N) is 1. The quantitative estimate of drug-likeness (QED) is 0.752. The van der Waals surface area contributed by atoms with Crippen LogP contribution in [0.4, 0.5) is 13.2 Å². The Hall–Kier alpha value is 0.290. The van der Waals surface area contributed by atoms with E-state index in [1.165, 1.54) is 4.90 Å². The van der Waals surface area contributed by atoms with E-state index >= 15 is 0 Å². The molecule has 7 heteroatoms. The van der Waals surface area contributed by atoms with E-state index < -0.39 is 12.7 Å². The van der Waals surface area contributed by atoms with E-state index in [4.69, 9.17) is 5.73 Å². The van der Waals surface area contributed by atoms with Crippen LogP contribution in [-0.2, 0) is 0 Å². The van der Waals surface area contributed by atoms with Gasteiger partial charge in [-0.3, -0.25) is 4.90 Å². The maximum absolute atomic E-state index is 11.8. The van der Waals surface area contributed by atoms with Crippen molar-refractivity contribution in [1.29, 1.82) is 0 Å². The fraction of sp³-hybridized carbons (Fsp3) is 1.00. The molecule has 0 aliphatic carbocycles. The summed E-state index contributed by atoms with van der Waals surface area (Å²) < 4.78 is 35.3. The zero-order chi connectivity index (χ0) is 8.48. The molecule has 82 valence electrons. The van der Waals surface area contributed by atoms with Crippen molar-refractivity contribution < 1.29 is 13.2 Å². The highest BCUT2D eigenvalue weighted by Gasteiger charge is 2.33. The van der Waals surface area contributed by atoms with Gasteiger partial charge in [0.2, 0.25) is 0 Å². The van der Waals surface area contributed by atoms with E-state index in [-0.39, 0.29) is 30.9 Å². The lowest BCUT2D eigenvalue weighted by Gasteiger charge is -2.16. The van der Waals surface area contributed by atoms with Crippen molar-refractivity contribution in [1.82, 2.24) is 4.90 Å². The minimum atomic E-state index is -4.08. The zero-order valence-electron chi connectivity index (χ0n) is 6.88. The Bertz CT molecular complexity index is 142. The Morgan fingerprint density at radius 3 is 2.15 bits per heavy atom. The number of halogens is 5. The maximum Gasteiger partial charge on any atom is 0.401 e. The first-order valence-corrected chi connectivity index (χ1v) is 3.52. The van der Waals surface area contributed by atoms with Crippen LogP contribution in [0.2, 0.25) is 0 Å². The van der Waals surface area contributed by atoms with Gasteiger partial charge >= 0.3 is 6.18 Å². The SMILES string of the molecule is Cl.Cl.N[C@H]1CCN(CC(F)(F)F)C1. The van der Waals surface area contributed by atoms with Crippen LogP contribution in [0.25, 0.3) is 0 Å². The number of hydrogen-bond donors (Lipinski definition) is 1. The number of likely N-dealkylation sites (tertiary alicyclic amines) is 1. The normalized spacial score (nSPS) is 23.5. The van der Waals surface area contributed by atoms with Crippen molar-refractivity contribution in [2.75, 3.05) is 19.6 Å². The lowest BCUT2D eigenvalue weighted by atomic mass is 10.3. The van der Waals surface area contributed by atoms with Crippen LogP contribution in [-0.4, -0.2) is 36.8 Å². The van der Waals surface area contributed by atoms with Crippen LogP contribution in [0.3, 0.4) is 0 Å². The molecule has 1 aliphatic heterocycles. The van der Waals surface area contributed by atoms with Gasteiger partial charge in [-0.15, -0.1) is 24.8 Å². The van der Waals surface area contributed by atoms with Gasteiger partial charge in [0.05, 0.1) is 6.54 Å². The lowest BCUT2D eigenvalue weighted by Crippen LogP contribution is -2.34. The molecule has 0 bridgehead atoms. The van der Waals surface area contributed by atoms with E-state index in [1.807, 2.05) is 0 Å². The van der Waals surface area contributed by atoms with Gasteiger partial charge in [0.1, 0.15) is 0 Å². The Morgan fingerprint density at radius 1 is 1.31 bits per heavy atom. The molecule has 0 unspecified atom stereocenters. The smallest absolute Gasteiger partial charge is 0.326 e. The van der Waals surface area contributed by atoms with Gasteiger partial charge in [-0.05, 0) is 6.42 Å². The van der Waals surface area contributed by atoms with Crippen molar-refractivity contribution in [3.05, 3.63) is 0 Å². The molecule has 0 aromatic rings. The van der Waals surface area contributed by atoms with Crippen LogP contribution in [0.15, 0.2) is 0 Å². The maximum atomic E-state index is 11.8. The average molecular weight is 241 g/mol. The number of alkyl halides is 3. The van der Waals surface area contributed by atoms with Gasteiger partial charge < -0.3 is 5.73 Å². The van der Waals surface area contributed by atoms with E-state index in [0.717, 1.165) is 0 Å². The third kappa shape index (κ3) is 6.37. The van der Waals surface area contributed by atoms with E-state index in [0.29, 0.717) is 19.5 Å². The Balaban J connectivity index is 0. The summed E-state index contributed by atoms with van der Waals surface area (Å²) in [6.07, 6.45) is -3.40. The van der Waals surface area contributed by atoms with Crippen LogP contribution in [0.1, 0.15) is 6.42 Å². The van der Waals surface area contributed by atoms with E-state index in [2.05, 4.69) is 0 Å². The van der Waals surface area contributed by atoms with Gasteiger partial charge in [0.15, 0.2) is 0 Å². The van der Waals surface area contributed by atoms with E-state index in [1.54, 1.807) is 0 Å². The van der Waals surface area contributed by atoms with Gasteiger partial charge in [-0.2, -0.15) is 13.2 Å². The summed E-state index contributed by atoms with van der Waals surface area (Å²) >= 11 is 0. The summed E-state index contributed by atoms with van der Waals surface area (Å²) in [5.74, 6) is 0. The molecular formula is C6H13Cl2F3N2. The van der Waals surface area contributed by atoms with Crippen molar-refractivity contribution in [3.8, 4) is 0 Å². The molecule has 1 aliphatic rings. The van der Waals surface area contributed by atoms with Crippen LogP contribution >= 0.6 is 24.8 Å². The second-order valence-corrected chi connectivity index (χ2v) is 2.90. The summed E-state index contributed by atoms with van der Waals surface area (Å²) in [5.41, 5.74) is 5.43. The van der Waals surface area contributed by atoms with E-state index in [9.17, 15) is 13.2 Å². The highest BCUT2D eigenvalue weighted by Crippen LogP contribution is 2.19. The van der Waals surface area contributed by atoms with Crippen LogP contribution in [0, 0.1) is 0 Å². The fourth-order valence-corrected chi connectivity index (χ4v) is 1.26. The second kappa shape index (κ2) is 5.90. The molecule has 2 N–H and O–H groups in total. The monoisotopic (exact) mass is 240 g/mol. The molecule has 0 amide bonds. The highest BCUT2D eigenvalue weighted by atomic mass is 35.5. The Kier molecular flexibility index (Phi) is 7.15. The molecule has 0 aromatic carbocycles. The molecule has 0 spiro atoms. The Labute approximate surface area is 87.5 Å². The first-order chi connectivity index (χ1) is 4.97. The molecule has 13 heavy (non-hydrogen) atoms. The number of hydrogen-bond acceptors (Lipinski definition) is 2. The second-order valence-electron chi connectivity index (χ2n) is 2.90. The third-order valence-corrected chi connectivity index (χ3v) is 1.71. The van der Waals surface area contributed by atoms with Crippen LogP contribution < -0.4 is 5.73 Å². The molecule has 0 radical (unpaired) electrons. The number of nitrogens with two attached hydrogens (primary N) is 1. The van der Waals surface area contributed by atoms with Gasteiger partial charge in [-0.1, -0.05) is 0 Å². The molecular weight excluding hydrogens is 228 g/mol. The van der Waals surface area contributed by atoms with Crippen molar-refractivity contribution in [2.24, 2.45) is 5.73 Å². The highest BCUT2D eigenvalue weighted by molar-refractivity contribution is 5.85. The molecule has 2 nitrogen and oxygen atoms in total. The molecule has 1 rings (SSSR count). The first-order valence-electron chi connectivity index (χ1n) is 3.52. The molecule has 1 saturated heterocycles. The Morgan fingerprint density at radius 2 is 1.85 bits per heavy atom. The standard InChI is InChI=1S/C6H11F3N2.2ClH/c7-6(8,9)4-11-2-1-5(10)3-11;;/h5H,1-4,10H2;2*1H/t5-;;/m0../s1. The minimum Gasteiger partial charge on any atom is -0.326 e. The summed E-state index contributed by atoms with van der Waals surface area (Å²) in [6.45, 7) is 0.0287. The molecule has 0 aromatic heterocycles. The van der Waals surface area contributed by atoms with Gasteiger partial charge in [0.25, 0.3) is 0 Å². The zero-order valence-corrected chi connectivity index (χ0v) is 8.51. The average Bonchev–Trinajstić information content (AvgIpc) is 2.10. The third-order valence-electron chi connectivity index (χ3n) is 1.71. The minimum absolute atomic E-state index is 0. The van der Waals surface area contributed by atoms with Gasteiger partial charge in [-0.25, -0.2) is 0 Å². The topological polar surface area (TPSA) is 29.3 Å². The van der Waals surface area contributed by atoms with Crippen molar-refractivity contribution in [2.45, 2.75) is 18.6 Å². The van der Waals surface area contributed by atoms with Crippen LogP contribution in [0.5, 0.6) is 0 Å². The lowest BCUT2D eigenvalue weighted by molar-refractivity contribution is -0.143. The molecule has 0 saturated carbocycles.